The minimum Gasteiger partial charge on any atom is -0.493 e. The molecular weight excluding hydrogens is 508 g/mol. The van der Waals surface area contributed by atoms with Gasteiger partial charge in [0.15, 0.2) is 11.5 Å². The van der Waals surface area contributed by atoms with Gasteiger partial charge in [0.1, 0.15) is 11.4 Å². The molecule has 0 fully saturated rings. The lowest BCUT2D eigenvalue weighted by Gasteiger charge is -2.36. The lowest BCUT2D eigenvalue weighted by atomic mass is 9.77. The van der Waals surface area contributed by atoms with Crippen molar-refractivity contribution < 1.29 is 28.5 Å². The summed E-state index contributed by atoms with van der Waals surface area (Å²) in [6, 6.07) is 10.2. The maximum atomic E-state index is 13.3. The molecule has 0 bridgehead atoms. The maximum Gasteiger partial charge on any atom is 0.410 e. The predicted molar refractivity (Wildman–Crippen MR) is 155 cm³/mol. The van der Waals surface area contributed by atoms with E-state index in [1.165, 1.54) is 22.3 Å². The molecule has 0 saturated heterocycles. The number of methoxy groups -OCH3 is 2. The van der Waals surface area contributed by atoms with Gasteiger partial charge in [0, 0.05) is 38.5 Å². The van der Waals surface area contributed by atoms with Gasteiger partial charge in [-0.2, -0.15) is 0 Å². The van der Waals surface area contributed by atoms with Crippen molar-refractivity contribution in [3.05, 3.63) is 52.6 Å². The second-order valence-corrected chi connectivity index (χ2v) is 12.0. The summed E-state index contributed by atoms with van der Waals surface area (Å²) in [6.45, 7) is 11.7. The van der Waals surface area contributed by atoms with Crippen LogP contribution in [0.3, 0.4) is 0 Å². The van der Waals surface area contributed by atoms with Crippen molar-refractivity contribution in [3.8, 4) is 17.2 Å². The molecule has 2 aromatic rings. The quantitative estimate of drug-likeness (QED) is 0.415. The molecular formula is C32H44N2O6. The Balaban J connectivity index is 1.39. The molecule has 1 aliphatic carbocycles. The molecule has 0 N–H and O–H groups in total. The standard InChI is InChI=1S/C32H44N2O6/c1-21(2)39-26-8-9-27-24(17-26)16-25(27)20-34(31(36)40-32(3,4)5)15-12-30(35)33-13-10-22-18-28(37-6)29(38-7)19-23(22)11-14-33/h8-9,17-19,21,25H,10-16,20H2,1-7H3. The third-order valence-corrected chi connectivity index (χ3v) is 7.44. The second-order valence-electron chi connectivity index (χ2n) is 12.0. The van der Waals surface area contributed by atoms with E-state index in [0.29, 0.717) is 37.7 Å². The zero-order chi connectivity index (χ0) is 29.0. The van der Waals surface area contributed by atoms with Crippen LogP contribution in [0.15, 0.2) is 30.3 Å². The van der Waals surface area contributed by atoms with Gasteiger partial charge >= 0.3 is 6.09 Å². The van der Waals surface area contributed by atoms with E-state index in [1.807, 2.05) is 57.7 Å². The van der Waals surface area contributed by atoms with Crippen LogP contribution in [0.25, 0.3) is 0 Å². The topological polar surface area (TPSA) is 77.5 Å². The molecule has 8 heteroatoms. The smallest absolute Gasteiger partial charge is 0.410 e. The van der Waals surface area contributed by atoms with E-state index in [9.17, 15) is 9.59 Å². The van der Waals surface area contributed by atoms with E-state index in [1.54, 1.807) is 19.1 Å². The number of amides is 2. The van der Waals surface area contributed by atoms with Gasteiger partial charge in [-0.15, -0.1) is 0 Å². The Hall–Kier alpha value is -3.42. The molecule has 8 nitrogen and oxygen atoms in total. The molecule has 0 aromatic heterocycles. The van der Waals surface area contributed by atoms with Crippen LogP contribution in [-0.4, -0.2) is 73.9 Å². The van der Waals surface area contributed by atoms with Crippen LogP contribution < -0.4 is 14.2 Å². The highest BCUT2D eigenvalue weighted by Crippen LogP contribution is 2.38. The van der Waals surface area contributed by atoms with Crippen LogP contribution in [0.4, 0.5) is 4.79 Å². The number of fused-ring (bicyclic) bond motifs is 2. The summed E-state index contributed by atoms with van der Waals surface area (Å²) in [6.07, 6.45) is 2.36. The summed E-state index contributed by atoms with van der Waals surface area (Å²) < 4.78 is 22.5. The molecule has 0 spiro atoms. The van der Waals surface area contributed by atoms with E-state index >= 15 is 0 Å². The summed E-state index contributed by atoms with van der Waals surface area (Å²) in [5.41, 5.74) is 4.22. The Morgan fingerprint density at radius 1 is 0.975 bits per heavy atom. The van der Waals surface area contributed by atoms with Gasteiger partial charge < -0.3 is 28.7 Å². The fraction of sp³-hybridized carbons (Fsp3) is 0.562. The molecule has 4 rings (SSSR count). The molecule has 218 valence electrons. The van der Waals surface area contributed by atoms with Gasteiger partial charge in [-0.3, -0.25) is 4.79 Å². The minimum absolute atomic E-state index is 0.0461. The van der Waals surface area contributed by atoms with Crippen molar-refractivity contribution in [3.63, 3.8) is 0 Å². The van der Waals surface area contributed by atoms with E-state index in [2.05, 4.69) is 12.1 Å². The van der Waals surface area contributed by atoms with Gasteiger partial charge in [-0.05, 0) is 100 Å². The first-order chi connectivity index (χ1) is 19.0. The Labute approximate surface area is 238 Å². The van der Waals surface area contributed by atoms with E-state index in [4.69, 9.17) is 18.9 Å². The monoisotopic (exact) mass is 552 g/mol. The number of carbonyl (C=O) groups excluding carboxylic acids is 2. The molecule has 2 aliphatic rings. The molecule has 0 saturated carbocycles. The second kappa shape index (κ2) is 12.4. The Kier molecular flexibility index (Phi) is 9.16. The number of benzene rings is 2. The van der Waals surface area contributed by atoms with Gasteiger partial charge in [0.25, 0.3) is 0 Å². The van der Waals surface area contributed by atoms with Crippen molar-refractivity contribution in [2.24, 2.45) is 0 Å². The average Bonchev–Trinajstić information content (AvgIpc) is 3.08. The van der Waals surface area contributed by atoms with Crippen molar-refractivity contribution in [1.29, 1.82) is 0 Å². The highest BCUT2D eigenvalue weighted by molar-refractivity contribution is 5.77. The molecule has 2 amide bonds. The highest BCUT2D eigenvalue weighted by atomic mass is 16.6. The SMILES string of the molecule is COc1cc2c(cc1OC)CCN(C(=O)CCN(CC1Cc3cc(OC(C)C)ccc31)C(=O)OC(C)(C)C)CC2. The fourth-order valence-corrected chi connectivity index (χ4v) is 5.45. The van der Waals surface area contributed by atoms with Crippen LogP contribution in [0.2, 0.25) is 0 Å². The van der Waals surface area contributed by atoms with Crippen LogP contribution in [0, 0.1) is 0 Å². The lowest BCUT2D eigenvalue weighted by molar-refractivity contribution is -0.131. The van der Waals surface area contributed by atoms with Crippen LogP contribution in [-0.2, 0) is 28.8 Å². The zero-order valence-corrected chi connectivity index (χ0v) is 25.0. The van der Waals surface area contributed by atoms with Crippen molar-refractivity contribution in [2.75, 3.05) is 40.4 Å². The zero-order valence-electron chi connectivity index (χ0n) is 25.0. The molecule has 1 unspecified atom stereocenters. The normalized spacial score (nSPS) is 16.3. The van der Waals surface area contributed by atoms with Gasteiger partial charge in [0.05, 0.1) is 20.3 Å². The molecule has 1 aliphatic heterocycles. The number of hydrogen-bond acceptors (Lipinski definition) is 6. The first-order valence-corrected chi connectivity index (χ1v) is 14.3. The molecule has 1 heterocycles. The van der Waals surface area contributed by atoms with Crippen LogP contribution in [0.1, 0.15) is 69.2 Å². The number of carbonyl (C=O) groups is 2. The highest BCUT2D eigenvalue weighted by Gasteiger charge is 2.32. The first kappa shape index (κ1) is 29.6. The van der Waals surface area contributed by atoms with Crippen molar-refractivity contribution in [2.45, 2.75) is 77.9 Å². The summed E-state index contributed by atoms with van der Waals surface area (Å²) in [4.78, 5) is 30.1. The van der Waals surface area contributed by atoms with E-state index in [-0.39, 0.29) is 30.4 Å². The Morgan fingerprint density at radius 2 is 1.60 bits per heavy atom. The minimum atomic E-state index is -0.612. The van der Waals surface area contributed by atoms with Gasteiger partial charge in [-0.1, -0.05) is 6.07 Å². The van der Waals surface area contributed by atoms with E-state index in [0.717, 1.165) is 25.0 Å². The largest absolute Gasteiger partial charge is 0.493 e. The maximum absolute atomic E-state index is 13.3. The van der Waals surface area contributed by atoms with Gasteiger partial charge in [0.2, 0.25) is 5.91 Å². The third-order valence-electron chi connectivity index (χ3n) is 7.44. The third kappa shape index (κ3) is 7.20. The Bertz CT molecular complexity index is 1180. The molecule has 40 heavy (non-hydrogen) atoms. The number of nitrogens with zero attached hydrogens (tertiary/aromatic N) is 2. The number of rotatable bonds is 9. The van der Waals surface area contributed by atoms with Gasteiger partial charge in [-0.25, -0.2) is 4.79 Å². The van der Waals surface area contributed by atoms with E-state index < -0.39 is 5.60 Å². The summed E-state index contributed by atoms with van der Waals surface area (Å²) in [5.74, 6) is 2.54. The molecule has 1 atom stereocenters. The summed E-state index contributed by atoms with van der Waals surface area (Å²) in [5, 5.41) is 0. The lowest BCUT2D eigenvalue weighted by Crippen LogP contribution is -2.43. The number of ether oxygens (including phenoxy) is 4. The van der Waals surface area contributed by atoms with Crippen molar-refractivity contribution >= 4 is 12.0 Å². The van der Waals surface area contributed by atoms with Crippen LogP contribution >= 0.6 is 0 Å². The summed E-state index contributed by atoms with van der Waals surface area (Å²) in [7, 11) is 3.27. The van der Waals surface area contributed by atoms with Crippen molar-refractivity contribution in [1.82, 2.24) is 9.80 Å². The average molecular weight is 553 g/mol. The first-order valence-electron chi connectivity index (χ1n) is 14.3. The summed E-state index contributed by atoms with van der Waals surface area (Å²) >= 11 is 0. The van der Waals surface area contributed by atoms with Crippen LogP contribution in [0.5, 0.6) is 17.2 Å². The predicted octanol–water partition coefficient (Wildman–Crippen LogP) is 5.39. The molecule has 0 radical (unpaired) electrons. The molecule has 2 aromatic carbocycles. The fourth-order valence-electron chi connectivity index (χ4n) is 5.45. The number of hydrogen-bond donors (Lipinski definition) is 0. The Morgan fingerprint density at radius 3 is 2.12 bits per heavy atom.